The minimum absolute atomic E-state index is 0.368. The summed E-state index contributed by atoms with van der Waals surface area (Å²) in [6.45, 7) is 4.16. The Morgan fingerprint density at radius 1 is 1.20 bits per heavy atom. The second-order valence-electron chi connectivity index (χ2n) is 6.37. The van der Waals surface area contributed by atoms with Crippen molar-refractivity contribution < 1.29 is 9.84 Å². The van der Waals surface area contributed by atoms with Crippen LogP contribution in [0.4, 0.5) is 0 Å². The average Bonchev–Trinajstić information content (AvgIpc) is 2.89. The van der Waals surface area contributed by atoms with Crippen molar-refractivity contribution in [3.05, 3.63) is 54.0 Å². The summed E-state index contributed by atoms with van der Waals surface area (Å²) in [5.41, 5.74) is 3.45. The van der Waals surface area contributed by atoms with Gasteiger partial charge in [-0.1, -0.05) is 55.5 Å². The molecular formula is C18H22O2. The lowest BCUT2D eigenvalue weighted by Crippen LogP contribution is -2.52. The largest absolute Gasteiger partial charge is 0.482 e. The van der Waals surface area contributed by atoms with Crippen LogP contribution >= 0.6 is 0 Å². The lowest BCUT2D eigenvalue weighted by Gasteiger charge is -2.51. The number of hydrogen-bond acceptors (Lipinski definition) is 2. The fourth-order valence-electron chi connectivity index (χ4n) is 3.91. The molecule has 0 radical (unpaired) electrons. The highest BCUT2D eigenvalue weighted by Crippen LogP contribution is 2.60. The molecular weight excluding hydrogens is 248 g/mol. The summed E-state index contributed by atoms with van der Waals surface area (Å²) in [4.78, 5) is 0. The number of ether oxygens (including phenoxy) is 1. The van der Waals surface area contributed by atoms with Gasteiger partial charge in [0.05, 0.1) is 0 Å². The van der Waals surface area contributed by atoms with Gasteiger partial charge in [0.2, 0.25) is 0 Å². The number of benzene rings is 1. The molecule has 0 unspecified atom stereocenters. The van der Waals surface area contributed by atoms with Crippen LogP contribution in [0.25, 0.3) is 0 Å². The van der Waals surface area contributed by atoms with Crippen LogP contribution in [-0.4, -0.2) is 10.7 Å². The van der Waals surface area contributed by atoms with Gasteiger partial charge in [-0.3, -0.25) is 0 Å². The summed E-state index contributed by atoms with van der Waals surface area (Å²) in [7, 11) is 0. The Bertz CT molecular complexity index is 512. The van der Waals surface area contributed by atoms with Gasteiger partial charge >= 0.3 is 0 Å². The molecule has 106 valence electrons. The molecule has 0 bridgehead atoms. The van der Waals surface area contributed by atoms with Crippen LogP contribution in [0.5, 0.6) is 0 Å². The zero-order valence-corrected chi connectivity index (χ0v) is 11.9. The molecule has 1 spiro atoms. The van der Waals surface area contributed by atoms with Crippen LogP contribution in [0.2, 0.25) is 0 Å². The van der Waals surface area contributed by atoms with E-state index in [4.69, 9.17) is 4.74 Å². The summed E-state index contributed by atoms with van der Waals surface area (Å²) < 4.78 is 5.78. The third-order valence-electron chi connectivity index (χ3n) is 4.81. The van der Waals surface area contributed by atoms with Gasteiger partial charge in [-0.25, -0.2) is 0 Å². The second-order valence-corrected chi connectivity index (χ2v) is 6.37. The lowest BCUT2D eigenvalue weighted by atomic mass is 9.57. The van der Waals surface area contributed by atoms with Gasteiger partial charge in [-0.15, -0.1) is 0 Å². The van der Waals surface area contributed by atoms with Crippen molar-refractivity contribution in [2.24, 2.45) is 5.41 Å². The zero-order valence-electron chi connectivity index (χ0n) is 11.9. The van der Waals surface area contributed by atoms with Gasteiger partial charge in [0.15, 0.2) is 5.76 Å². The van der Waals surface area contributed by atoms with Gasteiger partial charge in [0, 0.05) is 0 Å². The lowest BCUT2D eigenvalue weighted by molar-refractivity contribution is -0.129. The highest BCUT2D eigenvalue weighted by atomic mass is 16.5. The fourth-order valence-corrected chi connectivity index (χ4v) is 3.91. The smallest absolute Gasteiger partial charge is 0.170 e. The molecule has 0 aromatic heterocycles. The van der Waals surface area contributed by atoms with Crippen LogP contribution in [-0.2, 0) is 11.3 Å². The van der Waals surface area contributed by atoms with Gasteiger partial charge in [-0.2, -0.15) is 0 Å². The van der Waals surface area contributed by atoms with E-state index in [0.29, 0.717) is 17.8 Å². The van der Waals surface area contributed by atoms with E-state index >= 15 is 0 Å². The van der Waals surface area contributed by atoms with E-state index in [2.05, 4.69) is 12.3 Å². The molecule has 0 heterocycles. The van der Waals surface area contributed by atoms with E-state index in [1.807, 2.05) is 30.3 Å². The Hall–Kier alpha value is -1.50. The molecule has 1 aromatic carbocycles. The monoisotopic (exact) mass is 270 g/mol. The first-order valence-corrected chi connectivity index (χ1v) is 7.46. The molecule has 20 heavy (non-hydrogen) atoms. The molecule has 2 aliphatic rings. The van der Waals surface area contributed by atoms with E-state index in [-0.39, 0.29) is 0 Å². The van der Waals surface area contributed by atoms with Gasteiger partial charge < -0.3 is 9.84 Å². The van der Waals surface area contributed by atoms with Crippen molar-refractivity contribution in [1.29, 1.82) is 0 Å². The molecule has 0 saturated heterocycles. The molecule has 2 nitrogen and oxygen atoms in total. The highest BCUT2D eigenvalue weighted by molar-refractivity contribution is 5.21. The van der Waals surface area contributed by atoms with E-state index in [0.717, 1.165) is 18.4 Å². The van der Waals surface area contributed by atoms with E-state index in [1.54, 1.807) is 0 Å². The minimum Gasteiger partial charge on any atom is -0.482 e. The first-order valence-electron chi connectivity index (χ1n) is 7.46. The SMILES string of the molecule is C=C=C(OCc1ccccc1)C1(O)CC2(CCCC2)C1. The predicted octanol–water partition coefficient (Wildman–Crippen LogP) is 3.96. The van der Waals surface area contributed by atoms with Crippen molar-refractivity contribution >= 4 is 0 Å². The molecule has 0 aliphatic heterocycles. The molecule has 1 aromatic rings. The molecule has 2 aliphatic carbocycles. The Balaban J connectivity index is 1.62. The topological polar surface area (TPSA) is 29.5 Å². The summed E-state index contributed by atoms with van der Waals surface area (Å²) >= 11 is 0. The van der Waals surface area contributed by atoms with Gasteiger partial charge in [0.1, 0.15) is 12.2 Å². The van der Waals surface area contributed by atoms with E-state index in [1.165, 1.54) is 25.7 Å². The van der Waals surface area contributed by atoms with Crippen molar-refractivity contribution in [2.45, 2.75) is 50.7 Å². The van der Waals surface area contributed by atoms with E-state index < -0.39 is 5.60 Å². The Morgan fingerprint density at radius 3 is 2.45 bits per heavy atom. The highest BCUT2D eigenvalue weighted by Gasteiger charge is 2.57. The Morgan fingerprint density at radius 2 is 1.85 bits per heavy atom. The van der Waals surface area contributed by atoms with Crippen molar-refractivity contribution in [3.8, 4) is 0 Å². The summed E-state index contributed by atoms with van der Waals surface area (Å²) in [5, 5.41) is 10.7. The molecule has 2 saturated carbocycles. The van der Waals surface area contributed by atoms with Crippen molar-refractivity contribution in [3.63, 3.8) is 0 Å². The van der Waals surface area contributed by atoms with Crippen LogP contribution in [0.3, 0.4) is 0 Å². The maximum atomic E-state index is 10.7. The third-order valence-corrected chi connectivity index (χ3v) is 4.81. The quantitative estimate of drug-likeness (QED) is 0.663. The molecule has 1 N–H and O–H groups in total. The number of aliphatic hydroxyl groups is 1. The molecule has 2 fully saturated rings. The first-order chi connectivity index (χ1) is 9.66. The Labute approximate surface area is 120 Å². The van der Waals surface area contributed by atoms with Gasteiger partial charge in [0.25, 0.3) is 0 Å². The zero-order chi connectivity index (χ0) is 14.1. The molecule has 3 rings (SSSR count). The number of hydrogen-bond donors (Lipinski definition) is 1. The summed E-state index contributed by atoms with van der Waals surface area (Å²) in [6, 6.07) is 9.99. The summed E-state index contributed by atoms with van der Waals surface area (Å²) in [6.07, 6.45) is 6.72. The first kappa shape index (κ1) is 13.5. The van der Waals surface area contributed by atoms with Crippen molar-refractivity contribution in [2.75, 3.05) is 0 Å². The molecule has 2 heteroatoms. The van der Waals surface area contributed by atoms with E-state index in [9.17, 15) is 5.11 Å². The van der Waals surface area contributed by atoms with Crippen LogP contribution in [0, 0.1) is 5.41 Å². The third kappa shape index (κ3) is 2.42. The predicted molar refractivity (Wildman–Crippen MR) is 79.0 cm³/mol. The second kappa shape index (κ2) is 5.12. The van der Waals surface area contributed by atoms with Crippen molar-refractivity contribution in [1.82, 2.24) is 0 Å². The summed E-state index contributed by atoms with van der Waals surface area (Å²) in [5.74, 6) is 0.527. The Kier molecular flexibility index (Phi) is 3.45. The maximum absolute atomic E-state index is 10.7. The van der Waals surface area contributed by atoms with Gasteiger partial charge in [-0.05, 0) is 36.7 Å². The average molecular weight is 270 g/mol. The molecule has 0 amide bonds. The van der Waals surface area contributed by atoms with Crippen LogP contribution < -0.4 is 0 Å². The molecule has 0 atom stereocenters. The maximum Gasteiger partial charge on any atom is 0.170 e. The van der Waals surface area contributed by atoms with Crippen LogP contribution in [0.15, 0.2) is 48.4 Å². The normalized spacial score (nSPS) is 22.1. The number of rotatable bonds is 4. The standard InChI is InChI=1S/C18H22O2/c1-2-16(20-12-15-8-4-3-5-9-15)18(19)13-17(14-18)10-6-7-11-17/h3-5,8-9,19H,1,6-7,10-14H2. The fraction of sp³-hybridized carbons (Fsp3) is 0.500. The minimum atomic E-state index is -0.832. The van der Waals surface area contributed by atoms with Crippen LogP contribution in [0.1, 0.15) is 44.1 Å².